The SMILES string of the molecule is CCOc1ccc(OCCNC(=O)c2ccccc2OCc2ccncc2)cc1. The van der Waals surface area contributed by atoms with Crippen LogP contribution in [0.2, 0.25) is 0 Å². The van der Waals surface area contributed by atoms with Crippen molar-refractivity contribution in [1.82, 2.24) is 10.3 Å². The van der Waals surface area contributed by atoms with Crippen molar-refractivity contribution in [2.45, 2.75) is 13.5 Å². The maximum atomic E-state index is 12.5. The first-order valence-electron chi connectivity index (χ1n) is 9.51. The van der Waals surface area contributed by atoms with Crippen LogP contribution in [0, 0.1) is 0 Å². The van der Waals surface area contributed by atoms with Gasteiger partial charge in [0, 0.05) is 12.4 Å². The first-order chi connectivity index (χ1) is 14.3. The normalized spacial score (nSPS) is 10.2. The minimum absolute atomic E-state index is 0.203. The third-order valence-electron chi connectivity index (χ3n) is 4.07. The Morgan fingerprint density at radius 2 is 1.59 bits per heavy atom. The molecule has 6 heteroatoms. The number of nitrogens with zero attached hydrogens (tertiary/aromatic N) is 1. The number of carbonyl (C=O) groups excluding carboxylic acids is 1. The molecule has 0 atom stereocenters. The lowest BCUT2D eigenvalue weighted by Gasteiger charge is -2.12. The van der Waals surface area contributed by atoms with Crippen LogP contribution in [0.15, 0.2) is 73.1 Å². The van der Waals surface area contributed by atoms with Crippen LogP contribution in [0.4, 0.5) is 0 Å². The van der Waals surface area contributed by atoms with Crippen molar-refractivity contribution < 1.29 is 19.0 Å². The summed E-state index contributed by atoms with van der Waals surface area (Å²) in [5.41, 5.74) is 1.47. The molecule has 150 valence electrons. The number of pyridine rings is 1. The predicted octanol–water partition coefficient (Wildman–Crippen LogP) is 3.87. The first-order valence-corrected chi connectivity index (χ1v) is 9.51. The van der Waals surface area contributed by atoms with E-state index in [2.05, 4.69) is 10.3 Å². The van der Waals surface area contributed by atoms with Gasteiger partial charge in [0.05, 0.1) is 18.7 Å². The number of hydrogen-bond donors (Lipinski definition) is 1. The summed E-state index contributed by atoms with van der Waals surface area (Å²) >= 11 is 0. The van der Waals surface area contributed by atoms with Crippen LogP contribution in [0.25, 0.3) is 0 Å². The summed E-state index contributed by atoms with van der Waals surface area (Å²) in [6, 6.07) is 18.3. The van der Waals surface area contributed by atoms with Crippen molar-refractivity contribution in [3.05, 3.63) is 84.2 Å². The summed E-state index contributed by atoms with van der Waals surface area (Å²) in [5, 5.41) is 2.86. The standard InChI is InChI=1S/C23H24N2O4/c1-2-27-19-7-9-20(10-8-19)28-16-15-25-23(26)21-5-3-4-6-22(21)29-17-18-11-13-24-14-12-18/h3-14H,2,15-17H2,1H3,(H,25,26). The molecule has 1 amide bonds. The Bertz CT molecular complexity index is 898. The number of aromatic nitrogens is 1. The van der Waals surface area contributed by atoms with Gasteiger partial charge in [0.15, 0.2) is 0 Å². The van der Waals surface area contributed by atoms with E-state index in [0.717, 1.165) is 17.1 Å². The molecule has 0 fully saturated rings. The van der Waals surface area contributed by atoms with Crippen molar-refractivity contribution in [3.8, 4) is 17.2 Å². The lowest BCUT2D eigenvalue weighted by atomic mass is 10.2. The fourth-order valence-corrected chi connectivity index (χ4v) is 2.65. The highest BCUT2D eigenvalue weighted by molar-refractivity contribution is 5.96. The Morgan fingerprint density at radius 3 is 2.31 bits per heavy atom. The van der Waals surface area contributed by atoms with Gasteiger partial charge in [0.2, 0.25) is 0 Å². The van der Waals surface area contributed by atoms with Crippen LogP contribution in [0.3, 0.4) is 0 Å². The van der Waals surface area contributed by atoms with Gasteiger partial charge < -0.3 is 19.5 Å². The summed E-state index contributed by atoms with van der Waals surface area (Å²) < 4.78 is 16.9. The Balaban J connectivity index is 1.48. The largest absolute Gasteiger partial charge is 0.494 e. The van der Waals surface area contributed by atoms with Crippen LogP contribution in [-0.4, -0.2) is 30.6 Å². The molecule has 29 heavy (non-hydrogen) atoms. The topological polar surface area (TPSA) is 69.7 Å². The molecule has 0 bridgehead atoms. The molecule has 0 unspecified atom stereocenters. The molecular formula is C23H24N2O4. The lowest BCUT2D eigenvalue weighted by Crippen LogP contribution is -2.28. The molecule has 0 radical (unpaired) electrons. The molecule has 1 N–H and O–H groups in total. The summed E-state index contributed by atoms with van der Waals surface area (Å²) in [7, 11) is 0. The van der Waals surface area contributed by atoms with Crippen molar-refractivity contribution in [3.63, 3.8) is 0 Å². The zero-order valence-electron chi connectivity index (χ0n) is 16.3. The highest BCUT2D eigenvalue weighted by atomic mass is 16.5. The smallest absolute Gasteiger partial charge is 0.255 e. The molecule has 6 nitrogen and oxygen atoms in total. The number of hydrogen-bond acceptors (Lipinski definition) is 5. The fourth-order valence-electron chi connectivity index (χ4n) is 2.65. The number of ether oxygens (including phenoxy) is 3. The molecule has 0 aliphatic heterocycles. The maximum Gasteiger partial charge on any atom is 0.255 e. The van der Waals surface area contributed by atoms with Gasteiger partial charge in [0.25, 0.3) is 5.91 Å². The van der Waals surface area contributed by atoms with E-state index in [9.17, 15) is 4.79 Å². The van der Waals surface area contributed by atoms with Crippen LogP contribution < -0.4 is 19.5 Å². The van der Waals surface area contributed by atoms with Gasteiger partial charge >= 0.3 is 0 Å². The summed E-state index contributed by atoms with van der Waals surface area (Å²) in [6.07, 6.45) is 3.42. The van der Waals surface area contributed by atoms with Gasteiger partial charge in [-0.1, -0.05) is 12.1 Å². The average molecular weight is 392 g/mol. The van der Waals surface area contributed by atoms with E-state index in [1.54, 1.807) is 24.5 Å². The minimum atomic E-state index is -0.203. The second-order valence-corrected chi connectivity index (χ2v) is 6.15. The number of nitrogens with one attached hydrogen (secondary N) is 1. The number of amides is 1. The predicted molar refractivity (Wildman–Crippen MR) is 110 cm³/mol. The summed E-state index contributed by atoms with van der Waals surface area (Å²) in [6.45, 7) is 3.67. The van der Waals surface area contributed by atoms with Crippen molar-refractivity contribution in [2.24, 2.45) is 0 Å². The van der Waals surface area contributed by atoms with Gasteiger partial charge in [-0.15, -0.1) is 0 Å². The second kappa shape index (κ2) is 10.7. The maximum absolute atomic E-state index is 12.5. The van der Waals surface area contributed by atoms with E-state index in [-0.39, 0.29) is 5.91 Å². The summed E-state index contributed by atoms with van der Waals surface area (Å²) in [4.78, 5) is 16.5. The molecule has 1 aromatic heterocycles. The number of rotatable bonds is 10. The van der Waals surface area contributed by atoms with Gasteiger partial charge in [-0.2, -0.15) is 0 Å². The Morgan fingerprint density at radius 1 is 0.897 bits per heavy atom. The minimum Gasteiger partial charge on any atom is -0.494 e. The molecule has 1 heterocycles. The monoisotopic (exact) mass is 392 g/mol. The fraction of sp³-hybridized carbons (Fsp3) is 0.217. The first kappa shape index (κ1) is 20.2. The Hall–Kier alpha value is -3.54. The van der Waals surface area contributed by atoms with Crippen LogP contribution in [0.1, 0.15) is 22.8 Å². The molecule has 0 saturated carbocycles. The number of para-hydroxylation sites is 1. The second-order valence-electron chi connectivity index (χ2n) is 6.15. The zero-order chi connectivity index (χ0) is 20.3. The number of carbonyl (C=O) groups is 1. The number of benzene rings is 2. The lowest BCUT2D eigenvalue weighted by molar-refractivity contribution is 0.0942. The van der Waals surface area contributed by atoms with Crippen LogP contribution in [0.5, 0.6) is 17.2 Å². The van der Waals surface area contributed by atoms with Gasteiger partial charge in [-0.25, -0.2) is 0 Å². The third-order valence-corrected chi connectivity index (χ3v) is 4.07. The van der Waals surface area contributed by atoms with Gasteiger partial charge in [-0.3, -0.25) is 9.78 Å². The van der Waals surface area contributed by atoms with Gasteiger partial charge in [-0.05, 0) is 61.0 Å². The Labute approximate surface area is 170 Å². The van der Waals surface area contributed by atoms with Crippen molar-refractivity contribution >= 4 is 5.91 Å². The molecule has 0 spiro atoms. The van der Waals surface area contributed by atoms with Crippen molar-refractivity contribution in [1.29, 1.82) is 0 Å². The van der Waals surface area contributed by atoms with E-state index >= 15 is 0 Å². The molecule has 3 rings (SSSR count). The molecule has 2 aromatic carbocycles. The molecule has 3 aromatic rings. The van der Waals surface area contributed by atoms with E-state index in [4.69, 9.17) is 14.2 Å². The quantitative estimate of drug-likeness (QED) is 0.531. The van der Waals surface area contributed by atoms with Crippen LogP contribution in [-0.2, 0) is 6.61 Å². The molecule has 0 saturated heterocycles. The van der Waals surface area contributed by atoms with E-state index in [1.807, 2.05) is 55.5 Å². The molecule has 0 aliphatic carbocycles. The van der Waals surface area contributed by atoms with E-state index in [0.29, 0.717) is 37.7 Å². The van der Waals surface area contributed by atoms with E-state index < -0.39 is 0 Å². The van der Waals surface area contributed by atoms with E-state index in [1.165, 1.54) is 0 Å². The highest BCUT2D eigenvalue weighted by Crippen LogP contribution is 2.20. The third kappa shape index (κ3) is 6.24. The van der Waals surface area contributed by atoms with Gasteiger partial charge in [0.1, 0.15) is 30.5 Å². The Kier molecular flexibility index (Phi) is 7.46. The van der Waals surface area contributed by atoms with Crippen molar-refractivity contribution in [2.75, 3.05) is 19.8 Å². The average Bonchev–Trinajstić information content (AvgIpc) is 2.77. The summed E-state index contributed by atoms with van der Waals surface area (Å²) in [5.74, 6) is 1.86. The molecular weight excluding hydrogens is 368 g/mol. The zero-order valence-corrected chi connectivity index (χ0v) is 16.3. The van der Waals surface area contributed by atoms with Crippen LogP contribution >= 0.6 is 0 Å². The highest BCUT2D eigenvalue weighted by Gasteiger charge is 2.12. The molecule has 0 aliphatic rings.